The minimum absolute atomic E-state index is 0.0956. The fraction of sp³-hybridized carbons (Fsp3) is 0.533. The van der Waals surface area contributed by atoms with E-state index in [2.05, 4.69) is 20.5 Å². The first kappa shape index (κ1) is 33.2. The monoisotopic (exact) mass is 628 g/mol. The van der Waals surface area contributed by atoms with Gasteiger partial charge in [0.15, 0.2) is 5.69 Å². The summed E-state index contributed by atoms with van der Waals surface area (Å²) in [5.41, 5.74) is -6.00. The van der Waals surface area contributed by atoms with Crippen molar-refractivity contribution in [2.45, 2.75) is 89.8 Å². The smallest absolute Gasteiger partial charge is 0.426 e. The van der Waals surface area contributed by atoms with Gasteiger partial charge in [-0.05, 0) is 76.9 Å². The molecule has 2 aliphatic rings. The summed E-state index contributed by atoms with van der Waals surface area (Å²) >= 11 is 0. The van der Waals surface area contributed by atoms with Gasteiger partial charge in [-0.25, -0.2) is 9.78 Å². The lowest BCUT2D eigenvalue weighted by Gasteiger charge is -2.32. The van der Waals surface area contributed by atoms with Crippen LogP contribution >= 0.6 is 0 Å². The maximum Gasteiger partial charge on any atom is 0.426 e. The average Bonchev–Trinajstić information content (AvgIpc) is 3.39. The number of hydrogen-bond acceptors (Lipinski definition) is 7. The summed E-state index contributed by atoms with van der Waals surface area (Å²) in [6.45, 7) is 5.95. The van der Waals surface area contributed by atoms with E-state index >= 15 is 0 Å². The first-order valence-electron chi connectivity index (χ1n) is 14.2. The normalized spacial score (nSPS) is 22.1. The van der Waals surface area contributed by atoms with Gasteiger partial charge in [0.1, 0.15) is 5.60 Å². The summed E-state index contributed by atoms with van der Waals surface area (Å²) in [4.78, 5) is 16.8. The Morgan fingerprint density at radius 1 is 1.07 bits per heavy atom. The Labute approximate surface area is 250 Å². The number of carbonyl (C=O) groups excluding carboxylic acids is 1. The SMILES string of the molecule is CC1C/C=C\CCC(OCC2=CCCC=C2)(C(F)(F)F)c2nnc(o2)-c2nc(c(C(F)(F)F)cc2NC(=O)OC(C)(C)C)C1. The van der Waals surface area contributed by atoms with Crippen molar-refractivity contribution in [2.75, 3.05) is 11.9 Å². The number of nitrogens with zero attached hydrogens (tertiary/aromatic N) is 3. The number of rotatable bonds is 4. The van der Waals surface area contributed by atoms with Crippen molar-refractivity contribution in [1.82, 2.24) is 15.2 Å². The largest absolute Gasteiger partial charge is 0.444 e. The minimum atomic E-state index is -5.02. The number of ether oxygens (including phenoxy) is 2. The number of allylic oxidation sites excluding steroid dienone is 4. The van der Waals surface area contributed by atoms with Crippen LogP contribution in [0.1, 0.15) is 76.9 Å². The van der Waals surface area contributed by atoms with E-state index in [0.29, 0.717) is 18.1 Å². The summed E-state index contributed by atoms with van der Waals surface area (Å²) < 4.78 is 104. The molecule has 0 saturated carbocycles. The zero-order chi connectivity index (χ0) is 32.3. The molecule has 2 aromatic rings. The lowest BCUT2D eigenvalue weighted by molar-refractivity contribution is -0.292. The van der Waals surface area contributed by atoms with Crippen LogP contribution in [-0.2, 0) is 27.7 Å². The molecule has 0 fully saturated rings. The number of fused-ring (bicyclic) bond motifs is 5. The van der Waals surface area contributed by atoms with Gasteiger partial charge in [-0.3, -0.25) is 5.32 Å². The number of anilines is 1. The molecule has 2 aromatic heterocycles. The molecule has 14 heteroatoms. The molecule has 3 heterocycles. The molecule has 44 heavy (non-hydrogen) atoms. The van der Waals surface area contributed by atoms with E-state index in [9.17, 15) is 31.1 Å². The van der Waals surface area contributed by atoms with Crippen molar-refractivity contribution >= 4 is 11.8 Å². The van der Waals surface area contributed by atoms with Crippen LogP contribution in [0.15, 0.2) is 46.4 Å². The molecule has 4 rings (SSSR count). The molecular formula is C30H34F6N4O4. The summed E-state index contributed by atoms with van der Waals surface area (Å²) in [6.07, 6.45) is -1.72. The van der Waals surface area contributed by atoms with Gasteiger partial charge in [0.05, 0.1) is 23.6 Å². The van der Waals surface area contributed by atoms with Gasteiger partial charge in [0.25, 0.3) is 11.8 Å². The standard InChI is InChI=1S/C30H34F6N4O4/c1-18-11-7-6-10-14-28(30(34,35)36,42-17-19-12-8-5-9-13-19)25-40-39-24(43-25)23-22(38-26(41)44-27(2,3)4)16-20(29(31,32)33)21(15-18)37-23/h6-8,12-13,16,18H,5,9-11,14-15,17H2,1-4H3,(H,38,41)/b7-6-. The third kappa shape index (κ3) is 7.88. The van der Waals surface area contributed by atoms with E-state index in [4.69, 9.17) is 13.9 Å². The maximum absolute atomic E-state index is 14.9. The minimum Gasteiger partial charge on any atom is -0.444 e. The molecule has 1 aliphatic heterocycles. The first-order valence-corrected chi connectivity index (χ1v) is 14.2. The summed E-state index contributed by atoms with van der Waals surface area (Å²) in [7, 11) is 0. The molecule has 0 saturated heterocycles. The molecular weight excluding hydrogens is 594 g/mol. The van der Waals surface area contributed by atoms with E-state index in [1.807, 2.05) is 6.08 Å². The Balaban J connectivity index is 1.89. The highest BCUT2D eigenvalue weighted by Gasteiger charge is 2.61. The second kappa shape index (κ2) is 12.7. The molecule has 1 N–H and O–H groups in total. The summed E-state index contributed by atoms with van der Waals surface area (Å²) in [6, 6.07) is 0.648. The number of aromatic nitrogens is 3. The number of amides is 1. The van der Waals surface area contributed by atoms with Crippen molar-refractivity contribution in [1.29, 1.82) is 0 Å². The van der Waals surface area contributed by atoms with Crippen LogP contribution in [0.4, 0.5) is 36.8 Å². The third-order valence-electron chi connectivity index (χ3n) is 6.94. The van der Waals surface area contributed by atoms with E-state index < -0.39 is 77.1 Å². The number of carbonyl (C=O) groups is 1. The lowest BCUT2D eigenvalue weighted by atomic mass is 9.94. The van der Waals surface area contributed by atoms with Gasteiger partial charge in [-0.2, -0.15) is 26.3 Å². The van der Waals surface area contributed by atoms with Crippen LogP contribution in [0.25, 0.3) is 11.6 Å². The van der Waals surface area contributed by atoms with E-state index in [0.717, 1.165) is 6.42 Å². The lowest BCUT2D eigenvalue weighted by Crippen LogP contribution is -2.45. The van der Waals surface area contributed by atoms with Gasteiger partial charge in [-0.1, -0.05) is 37.3 Å². The molecule has 8 nitrogen and oxygen atoms in total. The Morgan fingerprint density at radius 2 is 1.82 bits per heavy atom. The number of pyridine rings is 1. The van der Waals surface area contributed by atoms with Crippen molar-refractivity contribution in [2.24, 2.45) is 5.92 Å². The van der Waals surface area contributed by atoms with Gasteiger partial charge < -0.3 is 13.9 Å². The van der Waals surface area contributed by atoms with Gasteiger partial charge in [0, 0.05) is 0 Å². The fourth-order valence-electron chi connectivity index (χ4n) is 4.82. The summed E-state index contributed by atoms with van der Waals surface area (Å²) in [5.74, 6) is -1.94. The van der Waals surface area contributed by atoms with Crippen LogP contribution in [0.3, 0.4) is 0 Å². The van der Waals surface area contributed by atoms with Crippen molar-refractivity contribution in [3.8, 4) is 11.6 Å². The van der Waals surface area contributed by atoms with Crippen molar-refractivity contribution < 1.29 is 45.0 Å². The highest BCUT2D eigenvalue weighted by atomic mass is 19.4. The molecule has 2 unspecified atom stereocenters. The maximum atomic E-state index is 14.9. The highest BCUT2D eigenvalue weighted by molar-refractivity contribution is 5.89. The average molecular weight is 629 g/mol. The van der Waals surface area contributed by atoms with E-state index in [1.165, 1.54) is 6.08 Å². The molecule has 1 aliphatic carbocycles. The Kier molecular flexibility index (Phi) is 9.62. The van der Waals surface area contributed by atoms with Crippen molar-refractivity contribution in [3.63, 3.8) is 0 Å². The van der Waals surface area contributed by atoms with Gasteiger partial charge in [0.2, 0.25) is 5.60 Å². The Hall–Kier alpha value is -3.68. The van der Waals surface area contributed by atoms with Crippen LogP contribution in [0.2, 0.25) is 0 Å². The molecule has 240 valence electrons. The molecule has 0 aromatic carbocycles. The topological polar surface area (TPSA) is 99.4 Å². The van der Waals surface area contributed by atoms with Crippen LogP contribution in [-0.4, -0.2) is 39.7 Å². The molecule has 4 bridgehead atoms. The quantitative estimate of drug-likeness (QED) is 0.268. The first-order chi connectivity index (χ1) is 20.5. The number of halogens is 6. The van der Waals surface area contributed by atoms with Gasteiger partial charge >= 0.3 is 18.4 Å². The van der Waals surface area contributed by atoms with E-state index in [1.54, 1.807) is 45.9 Å². The second-order valence-corrected chi connectivity index (χ2v) is 11.8. The molecule has 2 atom stereocenters. The van der Waals surface area contributed by atoms with Gasteiger partial charge in [-0.15, -0.1) is 10.2 Å². The van der Waals surface area contributed by atoms with Crippen LogP contribution < -0.4 is 5.32 Å². The van der Waals surface area contributed by atoms with E-state index in [-0.39, 0.29) is 25.2 Å². The third-order valence-corrected chi connectivity index (χ3v) is 6.94. The number of alkyl halides is 6. The highest BCUT2D eigenvalue weighted by Crippen LogP contribution is 2.47. The zero-order valence-electron chi connectivity index (χ0n) is 24.7. The summed E-state index contributed by atoms with van der Waals surface area (Å²) in [5, 5.41) is 9.67. The molecule has 1 amide bonds. The predicted octanol–water partition coefficient (Wildman–Crippen LogP) is 8.47. The van der Waals surface area contributed by atoms with Crippen molar-refractivity contribution in [3.05, 3.63) is 59.2 Å². The van der Waals surface area contributed by atoms with Crippen LogP contribution in [0, 0.1) is 5.92 Å². The molecule has 0 spiro atoms. The van der Waals surface area contributed by atoms with Crippen LogP contribution in [0.5, 0.6) is 0 Å². The second-order valence-electron chi connectivity index (χ2n) is 11.8. The Morgan fingerprint density at radius 3 is 2.45 bits per heavy atom. The Bertz CT molecular complexity index is 1440. The number of nitrogens with one attached hydrogen (secondary N) is 1. The molecule has 0 radical (unpaired) electrons. The predicted molar refractivity (Wildman–Crippen MR) is 148 cm³/mol. The zero-order valence-corrected chi connectivity index (χ0v) is 24.7. The number of hydrogen-bond donors (Lipinski definition) is 1. The fourth-order valence-corrected chi connectivity index (χ4v) is 4.82.